The number of carbonyl (C=O) groups is 1. The summed E-state index contributed by atoms with van der Waals surface area (Å²) in [5.74, 6) is 1.27. The van der Waals surface area contributed by atoms with Gasteiger partial charge in [0.05, 0.1) is 33.4 Å². The monoisotopic (exact) mass is 505 g/mol. The fourth-order valence-electron chi connectivity index (χ4n) is 2.62. The summed E-state index contributed by atoms with van der Waals surface area (Å²) in [6.45, 7) is 0. The predicted molar refractivity (Wildman–Crippen MR) is 128 cm³/mol. The average Bonchev–Trinajstić information content (AvgIpc) is 2.73. The molecular weight excluding hydrogens is 485 g/mol. The van der Waals surface area contributed by atoms with Crippen molar-refractivity contribution in [2.75, 3.05) is 26.6 Å². The van der Waals surface area contributed by atoms with Crippen molar-refractivity contribution in [1.82, 2.24) is 10.6 Å². The Hall–Kier alpha value is -2.13. The summed E-state index contributed by atoms with van der Waals surface area (Å²) in [6, 6.07) is 12.3. The molecule has 7 nitrogen and oxygen atoms in total. The minimum Gasteiger partial charge on any atom is -0.497 e. The molecule has 0 aromatic heterocycles. The molecule has 0 saturated carbocycles. The fraction of sp³-hybridized carbons (Fsp3) is 0.300. The third kappa shape index (κ3) is 7.50. The van der Waals surface area contributed by atoms with E-state index in [4.69, 9.17) is 61.2 Å². The van der Waals surface area contributed by atoms with Gasteiger partial charge in [0, 0.05) is 11.6 Å². The Morgan fingerprint density at radius 1 is 1.00 bits per heavy atom. The Labute approximate surface area is 201 Å². The molecule has 168 valence electrons. The largest absolute Gasteiger partial charge is 0.497 e. The van der Waals surface area contributed by atoms with Crippen LogP contribution in [0.25, 0.3) is 0 Å². The Morgan fingerprint density at radius 2 is 1.68 bits per heavy atom. The summed E-state index contributed by atoms with van der Waals surface area (Å²) in [5, 5.41) is 8.53. The van der Waals surface area contributed by atoms with Crippen LogP contribution in [0, 0.1) is 0 Å². The lowest BCUT2D eigenvalue weighted by Gasteiger charge is -2.28. The summed E-state index contributed by atoms with van der Waals surface area (Å²) >= 11 is 23.5. The molecule has 31 heavy (non-hydrogen) atoms. The molecule has 3 N–H and O–H groups in total. The number of methoxy groups -OCH3 is 3. The van der Waals surface area contributed by atoms with Crippen LogP contribution in [-0.2, 0) is 11.2 Å². The first-order valence-corrected chi connectivity index (χ1v) is 10.5. The minimum absolute atomic E-state index is 0.0151. The number of thiocarbonyl (C=S) groups is 1. The van der Waals surface area contributed by atoms with E-state index in [-0.39, 0.29) is 11.5 Å². The number of rotatable bonds is 8. The van der Waals surface area contributed by atoms with Crippen molar-refractivity contribution in [2.45, 2.75) is 16.4 Å². The van der Waals surface area contributed by atoms with E-state index in [0.29, 0.717) is 28.5 Å². The second-order valence-electron chi connectivity index (χ2n) is 6.20. The summed E-state index contributed by atoms with van der Waals surface area (Å²) in [5.41, 5.74) is 1.25. The second-order valence-corrected chi connectivity index (χ2v) is 8.97. The SMILES string of the molecule is COc1ccc(CC(=O)NC(NC(=S)Nc2ccccc2OC)C(Cl)(Cl)Cl)c(OC)c1. The highest BCUT2D eigenvalue weighted by molar-refractivity contribution is 7.80. The van der Waals surface area contributed by atoms with Crippen molar-refractivity contribution in [3.05, 3.63) is 48.0 Å². The highest BCUT2D eigenvalue weighted by Gasteiger charge is 2.34. The molecule has 11 heteroatoms. The van der Waals surface area contributed by atoms with Gasteiger partial charge in [-0.2, -0.15) is 0 Å². The number of ether oxygens (including phenoxy) is 3. The average molecular weight is 507 g/mol. The first-order chi connectivity index (χ1) is 14.7. The quantitative estimate of drug-likeness (QED) is 0.283. The van der Waals surface area contributed by atoms with Crippen LogP contribution in [-0.4, -0.2) is 42.3 Å². The van der Waals surface area contributed by atoms with Gasteiger partial charge in [-0.15, -0.1) is 0 Å². The zero-order chi connectivity index (χ0) is 23.0. The van der Waals surface area contributed by atoms with Crippen molar-refractivity contribution < 1.29 is 19.0 Å². The highest BCUT2D eigenvalue weighted by atomic mass is 35.6. The van der Waals surface area contributed by atoms with E-state index in [9.17, 15) is 4.79 Å². The molecule has 0 aliphatic heterocycles. The molecule has 2 aromatic carbocycles. The van der Waals surface area contributed by atoms with Crippen LogP contribution in [0.5, 0.6) is 17.2 Å². The normalized spacial score (nSPS) is 11.8. The lowest BCUT2D eigenvalue weighted by atomic mass is 10.1. The highest BCUT2D eigenvalue weighted by Crippen LogP contribution is 2.30. The number of benzene rings is 2. The Morgan fingerprint density at radius 3 is 2.29 bits per heavy atom. The van der Waals surface area contributed by atoms with Crippen LogP contribution in [0.4, 0.5) is 5.69 Å². The van der Waals surface area contributed by atoms with E-state index in [2.05, 4.69) is 16.0 Å². The molecule has 0 radical (unpaired) electrons. The molecule has 2 aromatic rings. The number of nitrogens with one attached hydrogen (secondary N) is 3. The van der Waals surface area contributed by atoms with Gasteiger partial charge in [-0.25, -0.2) is 0 Å². The molecular formula is C20H22Cl3N3O4S. The van der Waals surface area contributed by atoms with Crippen LogP contribution >= 0.6 is 47.0 Å². The Bertz CT molecular complexity index is 925. The predicted octanol–water partition coefficient (Wildman–Crippen LogP) is 4.05. The third-order valence-corrected chi connectivity index (χ3v) is 4.98. The van der Waals surface area contributed by atoms with Gasteiger partial charge >= 0.3 is 0 Å². The smallest absolute Gasteiger partial charge is 0.228 e. The topological polar surface area (TPSA) is 80.9 Å². The third-order valence-electron chi connectivity index (χ3n) is 4.11. The minimum atomic E-state index is -1.88. The van der Waals surface area contributed by atoms with Gasteiger partial charge in [-0.1, -0.05) is 53.0 Å². The molecule has 1 amide bonds. The first kappa shape index (κ1) is 25.1. The van der Waals surface area contributed by atoms with Gasteiger partial charge < -0.3 is 30.2 Å². The molecule has 0 aliphatic rings. The van der Waals surface area contributed by atoms with Crippen molar-refractivity contribution >= 4 is 63.7 Å². The van der Waals surface area contributed by atoms with Crippen LogP contribution in [0.1, 0.15) is 5.56 Å². The van der Waals surface area contributed by atoms with Crippen molar-refractivity contribution in [3.63, 3.8) is 0 Å². The zero-order valence-corrected chi connectivity index (χ0v) is 20.1. The van der Waals surface area contributed by atoms with Crippen LogP contribution < -0.4 is 30.2 Å². The van der Waals surface area contributed by atoms with E-state index in [1.165, 1.54) is 14.2 Å². The van der Waals surface area contributed by atoms with Gasteiger partial charge in [0.25, 0.3) is 0 Å². The lowest BCUT2D eigenvalue weighted by Crippen LogP contribution is -2.56. The second kappa shape index (κ2) is 11.5. The summed E-state index contributed by atoms with van der Waals surface area (Å²) in [4.78, 5) is 12.6. The van der Waals surface area contributed by atoms with Crippen molar-refractivity contribution in [1.29, 1.82) is 0 Å². The van der Waals surface area contributed by atoms with E-state index < -0.39 is 15.9 Å². The molecule has 2 rings (SSSR count). The number of para-hydroxylation sites is 2. The fourth-order valence-corrected chi connectivity index (χ4v) is 3.18. The first-order valence-electron chi connectivity index (χ1n) is 8.95. The zero-order valence-electron chi connectivity index (χ0n) is 17.0. The molecule has 0 fully saturated rings. The van der Waals surface area contributed by atoms with E-state index in [1.54, 1.807) is 37.4 Å². The van der Waals surface area contributed by atoms with Gasteiger partial charge in [0.15, 0.2) is 5.11 Å². The summed E-state index contributed by atoms with van der Waals surface area (Å²) in [7, 11) is 4.58. The van der Waals surface area contributed by atoms with Gasteiger partial charge in [-0.3, -0.25) is 4.79 Å². The van der Waals surface area contributed by atoms with E-state index in [0.717, 1.165) is 0 Å². The maximum Gasteiger partial charge on any atom is 0.228 e. The molecule has 1 unspecified atom stereocenters. The van der Waals surface area contributed by atoms with E-state index >= 15 is 0 Å². The summed E-state index contributed by atoms with van der Waals surface area (Å²) in [6.07, 6.45) is -1.12. The number of amides is 1. The maximum absolute atomic E-state index is 12.6. The molecule has 0 aliphatic carbocycles. The number of anilines is 1. The van der Waals surface area contributed by atoms with Crippen molar-refractivity contribution in [3.8, 4) is 17.2 Å². The molecule has 0 spiro atoms. The number of hydrogen-bond acceptors (Lipinski definition) is 5. The Balaban J connectivity index is 2.08. The number of carbonyl (C=O) groups excluding carboxylic acids is 1. The van der Waals surface area contributed by atoms with E-state index in [1.807, 2.05) is 12.1 Å². The molecule has 0 bridgehead atoms. The standard InChI is InChI=1S/C20H22Cl3N3O4S/c1-28-13-9-8-12(16(11-13)30-3)10-17(27)25-18(20(21,22)23)26-19(31)24-14-6-4-5-7-15(14)29-2/h4-9,11,18H,10H2,1-3H3,(H,25,27)(H2,24,26,31). The number of alkyl halides is 3. The number of halogens is 3. The molecule has 0 heterocycles. The number of hydrogen-bond donors (Lipinski definition) is 3. The van der Waals surface area contributed by atoms with Crippen molar-refractivity contribution in [2.24, 2.45) is 0 Å². The van der Waals surface area contributed by atoms with Crippen LogP contribution in [0.2, 0.25) is 0 Å². The van der Waals surface area contributed by atoms with Gasteiger partial charge in [0.1, 0.15) is 23.4 Å². The lowest BCUT2D eigenvalue weighted by molar-refractivity contribution is -0.121. The molecule has 0 saturated heterocycles. The summed E-state index contributed by atoms with van der Waals surface area (Å²) < 4.78 is 13.9. The van der Waals surface area contributed by atoms with Crippen LogP contribution in [0.15, 0.2) is 42.5 Å². The van der Waals surface area contributed by atoms with Gasteiger partial charge in [0.2, 0.25) is 9.70 Å². The van der Waals surface area contributed by atoms with Gasteiger partial charge in [-0.05, 0) is 30.4 Å². The maximum atomic E-state index is 12.6. The Kier molecular flexibility index (Phi) is 9.31. The molecule has 1 atom stereocenters. The van der Waals surface area contributed by atoms with Crippen LogP contribution in [0.3, 0.4) is 0 Å².